The zero-order valence-electron chi connectivity index (χ0n) is 7.98. The molecule has 5 heteroatoms. The third-order valence-electron chi connectivity index (χ3n) is 2.36. The van der Waals surface area contributed by atoms with Crippen molar-refractivity contribution >= 4 is 68.1 Å². The Hall–Kier alpha value is 0.240. The van der Waals surface area contributed by atoms with Gasteiger partial charge in [0.15, 0.2) is 11.6 Å². The van der Waals surface area contributed by atoms with E-state index in [1.807, 2.05) is 59.0 Å². The maximum Gasteiger partial charge on any atom is 0.200 e. The number of thiophene rings is 1. The largest absolute Gasteiger partial charge is 0.288 e. The number of carbonyl (C=O) groups excluding carboxylic acids is 2. The van der Waals surface area contributed by atoms with E-state index in [2.05, 4.69) is 0 Å². The summed E-state index contributed by atoms with van der Waals surface area (Å²) < 4.78 is 0.750. The second-order valence-corrected chi connectivity index (χ2v) is 8.91. The highest BCUT2D eigenvalue weighted by atomic mass is 127. The van der Waals surface area contributed by atoms with E-state index >= 15 is 0 Å². The van der Waals surface area contributed by atoms with E-state index in [0.29, 0.717) is 16.7 Å². The Balaban J connectivity index is 2.79. The van der Waals surface area contributed by atoms with E-state index in [9.17, 15) is 9.59 Å². The van der Waals surface area contributed by atoms with Gasteiger partial charge < -0.3 is 0 Å². The van der Waals surface area contributed by atoms with Crippen molar-refractivity contribution in [2.75, 3.05) is 0 Å². The van der Waals surface area contributed by atoms with Crippen LogP contribution in [0.1, 0.15) is 30.5 Å². The lowest BCUT2D eigenvalue weighted by molar-refractivity contribution is 0.0989. The summed E-state index contributed by atoms with van der Waals surface area (Å²) in [6.07, 6.45) is 0. The van der Waals surface area contributed by atoms with Gasteiger partial charge in [-0.1, -0.05) is 0 Å². The molecule has 78 valence electrons. The van der Waals surface area contributed by atoms with Gasteiger partial charge in [-0.3, -0.25) is 9.59 Å². The van der Waals surface area contributed by atoms with Gasteiger partial charge in [0, 0.05) is 20.9 Å². The number of ketones is 2. The minimum atomic E-state index is -0.101. The Labute approximate surface area is 118 Å². The van der Waals surface area contributed by atoms with Crippen LogP contribution < -0.4 is 0 Å². The van der Waals surface area contributed by atoms with Gasteiger partial charge in [0.1, 0.15) is 0 Å². The predicted molar refractivity (Wildman–Crippen MR) is 77.5 cm³/mol. The number of hydrogen-bond donors (Lipinski definition) is 0. The Morgan fingerprint density at radius 3 is 1.73 bits per heavy atom. The van der Waals surface area contributed by atoms with Gasteiger partial charge in [0.05, 0.1) is 7.16 Å². The first kappa shape index (κ1) is 11.7. The van der Waals surface area contributed by atoms with Crippen molar-refractivity contribution in [1.29, 1.82) is 0 Å². The summed E-state index contributed by atoms with van der Waals surface area (Å²) in [6, 6.07) is 0. The van der Waals surface area contributed by atoms with Crippen LogP contribution in [0.5, 0.6) is 0 Å². The molecule has 0 radical (unpaired) electrons. The normalized spacial score (nSPS) is 14.8. The zero-order valence-corrected chi connectivity index (χ0v) is 13.1. The zero-order chi connectivity index (χ0) is 11.3. The van der Waals surface area contributed by atoms with Gasteiger partial charge in [-0.15, -0.1) is 11.3 Å². The fourth-order valence-corrected chi connectivity index (χ4v) is 3.79. The van der Waals surface area contributed by atoms with Crippen LogP contribution in [0.2, 0.25) is 0 Å². The first-order valence-electron chi connectivity index (χ1n) is 4.19. The molecule has 0 atom stereocenters. The highest BCUT2D eigenvalue weighted by molar-refractivity contribution is 14.2. The lowest BCUT2D eigenvalue weighted by atomic mass is 10.1. The number of aryl methyl sites for hydroxylation is 2. The summed E-state index contributed by atoms with van der Waals surface area (Å²) >= 11 is 5.57. The van der Waals surface area contributed by atoms with E-state index in [0.717, 1.165) is 11.3 Å². The number of hydrogen-bond acceptors (Lipinski definition) is 3. The van der Waals surface area contributed by atoms with Crippen LogP contribution in [0.15, 0.2) is 7.16 Å². The number of fused-ring (bicyclic) bond motifs is 1. The first-order chi connectivity index (χ1) is 6.95. The molecule has 15 heavy (non-hydrogen) atoms. The second kappa shape index (κ2) is 3.92. The van der Waals surface area contributed by atoms with Crippen molar-refractivity contribution in [3.63, 3.8) is 0 Å². The molecule has 2 rings (SSSR count). The molecule has 2 nitrogen and oxygen atoms in total. The molecule has 1 heterocycles. The molecule has 1 aromatic rings. The number of halogens is 2. The van der Waals surface area contributed by atoms with Gasteiger partial charge in [-0.25, -0.2) is 0 Å². The minimum absolute atomic E-state index is 0.101. The molecule has 0 bridgehead atoms. The van der Waals surface area contributed by atoms with Crippen molar-refractivity contribution in [3.05, 3.63) is 28.0 Å². The molecule has 0 N–H and O–H groups in total. The van der Waals surface area contributed by atoms with Crippen molar-refractivity contribution in [2.24, 2.45) is 0 Å². The van der Waals surface area contributed by atoms with Gasteiger partial charge in [-0.05, 0) is 59.0 Å². The van der Waals surface area contributed by atoms with Crippen molar-refractivity contribution in [1.82, 2.24) is 0 Å². The predicted octanol–water partition coefficient (Wildman–Crippen LogP) is 3.83. The van der Waals surface area contributed by atoms with Crippen LogP contribution in [0.4, 0.5) is 0 Å². The average Bonchev–Trinajstić information content (AvgIpc) is 2.52. The van der Waals surface area contributed by atoms with Gasteiger partial charge in [0.2, 0.25) is 0 Å². The van der Waals surface area contributed by atoms with Crippen LogP contribution in [0, 0.1) is 13.8 Å². The topological polar surface area (TPSA) is 34.1 Å². The smallest absolute Gasteiger partial charge is 0.200 e. The Kier molecular flexibility index (Phi) is 3.06. The molecule has 0 unspecified atom stereocenters. The fraction of sp³-hybridized carbons (Fsp3) is 0.200. The summed E-state index contributed by atoms with van der Waals surface area (Å²) in [6.45, 7) is 3.79. The monoisotopic (exact) mass is 444 g/mol. The number of rotatable bonds is 0. The number of carbonyl (C=O) groups is 2. The second-order valence-electron chi connectivity index (χ2n) is 3.26. The van der Waals surface area contributed by atoms with Crippen molar-refractivity contribution in [3.8, 4) is 0 Å². The average molecular weight is 444 g/mol. The molecular formula is C10H6I2O2S. The van der Waals surface area contributed by atoms with E-state index in [-0.39, 0.29) is 11.6 Å². The van der Waals surface area contributed by atoms with Crippen LogP contribution >= 0.6 is 56.5 Å². The summed E-state index contributed by atoms with van der Waals surface area (Å²) in [5, 5.41) is 0. The molecule has 0 fully saturated rings. The molecule has 0 saturated heterocycles. The quantitative estimate of drug-likeness (QED) is 0.347. The van der Waals surface area contributed by atoms with E-state index < -0.39 is 0 Å². The lowest BCUT2D eigenvalue weighted by Crippen LogP contribution is -2.02. The van der Waals surface area contributed by atoms with Crippen LogP contribution in [0.25, 0.3) is 0 Å². The van der Waals surface area contributed by atoms with Crippen molar-refractivity contribution < 1.29 is 9.59 Å². The first-order valence-corrected chi connectivity index (χ1v) is 7.17. The van der Waals surface area contributed by atoms with Gasteiger partial charge in [-0.2, -0.15) is 0 Å². The highest BCUT2D eigenvalue weighted by Gasteiger charge is 2.38. The summed E-state index contributed by atoms with van der Waals surface area (Å²) in [5.74, 6) is -0.202. The minimum Gasteiger partial charge on any atom is -0.288 e. The Morgan fingerprint density at radius 1 is 1.00 bits per heavy atom. The van der Waals surface area contributed by atoms with Crippen LogP contribution in [-0.4, -0.2) is 11.6 Å². The van der Waals surface area contributed by atoms with Crippen molar-refractivity contribution in [2.45, 2.75) is 13.8 Å². The fourth-order valence-electron chi connectivity index (χ4n) is 1.76. The van der Waals surface area contributed by atoms with Crippen LogP contribution in [0.3, 0.4) is 0 Å². The summed E-state index contributed by atoms with van der Waals surface area (Å²) in [4.78, 5) is 25.9. The molecule has 0 aliphatic heterocycles. The van der Waals surface area contributed by atoms with E-state index in [1.165, 1.54) is 11.3 Å². The lowest BCUT2D eigenvalue weighted by Gasteiger charge is -1.95. The molecule has 0 aromatic carbocycles. The third-order valence-corrected chi connectivity index (χ3v) is 4.46. The van der Waals surface area contributed by atoms with E-state index in [4.69, 9.17) is 0 Å². The van der Waals surface area contributed by atoms with E-state index in [1.54, 1.807) is 0 Å². The SMILES string of the molecule is Cc1sc(C)c2c1C(=O)C(=C(I)I)C2=O. The number of Topliss-reactive ketones (excluding diaryl/α,β-unsaturated/α-hetero) is 2. The van der Waals surface area contributed by atoms with Gasteiger partial charge >= 0.3 is 0 Å². The molecule has 0 spiro atoms. The summed E-state index contributed by atoms with van der Waals surface area (Å²) in [5.41, 5.74) is 1.60. The molecule has 0 amide bonds. The molecule has 1 aromatic heterocycles. The molecule has 0 saturated carbocycles. The standard InChI is InChI=1S/C10H6I2O2S/c1-3-5-6(4(2)15-3)9(14)7(8(5)13)10(11)12/h1-2H3. The maximum atomic E-state index is 12.0. The summed E-state index contributed by atoms with van der Waals surface area (Å²) in [7, 11) is 0. The third kappa shape index (κ3) is 1.62. The number of allylic oxidation sites excluding steroid dienone is 1. The molecule has 1 aliphatic carbocycles. The molecular weight excluding hydrogens is 438 g/mol. The Morgan fingerprint density at radius 2 is 1.40 bits per heavy atom. The molecule has 1 aliphatic rings. The highest BCUT2D eigenvalue weighted by Crippen LogP contribution is 2.39. The Bertz CT molecular complexity index is 483. The maximum absolute atomic E-state index is 12.0. The van der Waals surface area contributed by atoms with Gasteiger partial charge in [0.25, 0.3) is 0 Å². The van der Waals surface area contributed by atoms with Crippen LogP contribution in [-0.2, 0) is 0 Å².